The van der Waals surface area contributed by atoms with Gasteiger partial charge in [0.2, 0.25) is 0 Å². The molecule has 0 bridgehead atoms. The zero-order valence-corrected chi connectivity index (χ0v) is 17.0. The van der Waals surface area contributed by atoms with Gasteiger partial charge in [-0.15, -0.1) is 0 Å². The molecular formula is C22H35N3O3. The van der Waals surface area contributed by atoms with Crippen LogP contribution in [0.15, 0.2) is 27.8 Å². The van der Waals surface area contributed by atoms with Crippen LogP contribution in [-0.2, 0) is 15.9 Å². The monoisotopic (exact) mass is 389 g/mol. The minimum absolute atomic E-state index is 0.113. The average molecular weight is 390 g/mol. The fraction of sp³-hybridized carbons (Fsp3) is 0.773. The van der Waals surface area contributed by atoms with Crippen LogP contribution in [0.2, 0.25) is 0 Å². The quantitative estimate of drug-likeness (QED) is 0.576. The number of guanidine groups is 1. The van der Waals surface area contributed by atoms with Crippen molar-refractivity contribution in [2.75, 3.05) is 26.3 Å². The molecule has 1 aromatic heterocycles. The van der Waals surface area contributed by atoms with E-state index in [-0.39, 0.29) is 11.7 Å². The summed E-state index contributed by atoms with van der Waals surface area (Å²) in [5.74, 6) is 1.90. The summed E-state index contributed by atoms with van der Waals surface area (Å²) in [6.07, 6.45) is 13.5. The molecule has 4 rings (SSSR count). The summed E-state index contributed by atoms with van der Waals surface area (Å²) in [4.78, 5) is 4.87. The zero-order valence-electron chi connectivity index (χ0n) is 17.0. The highest BCUT2D eigenvalue weighted by Crippen LogP contribution is 2.39. The highest BCUT2D eigenvalue weighted by molar-refractivity contribution is 5.80. The summed E-state index contributed by atoms with van der Waals surface area (Å²) < 4.78 is 17.5. The second-order valence-corrected chi connectivity index (χ2v) is 8.51. The lowest BCUT2D eigenvalue weighted by molar-refractivity contribution is -0.0815. The first kappa shape index (κ1) is 19.8. The Hall–Kier alpha value is -1.53. The van der Waals surface area contributed by atoms with Crippen molar-refractivity contribution >= 4 is 5.96 Å². The lowest BCUT2D eigenvalue weighted by Gasteiger charge is -2.39. The normalized spacial score (nSPS) is 27.8. The number of hydrogen-bond acceptors (Lipinski definition) is 4. The summed E-state index contributed by atoms with van der Waals surface area (Å²) in [6, 6.07) is 4.38. The third kappa shape index (κ3) is 5.51. The van der Waals surface area contributed by atoms with Gasteiger partial charge in [-0.3, -0.25) is 4.99 Å². The van der Waals surface area contributed by atoms with Gasteiger partial charge in [-0.25, -0.2) is 0 Å². The van der Waals surface area contributed by atoms with E-state index in [0.29, 0.717) is 6.04 Å². The zero-order chi connectivity index (χ0) is 19.1. The van der Waals surface area contributed by atoms with Gasteiger partial charge < -0.3 is 24.5 Å². The second-order valence-electron chi connectivity index (χ2n) is 8.51. The van der Waals surface area contributed by atoms with Crippen LogP contribution in [0.25, 0.3) is 0 Å². The number of furan rings is 1. The topological polar surface area (TPSA) is 68.0 Å². The fourth-order valence-corrected chi connectivity index (χ4v) is 4.77. The van der Waals surface area contributed by atoms with E-state index in [2.05, 4.69) is 10.6 Å². The molecule has 156 valence electrons. The largest absolute Gasteiger partial charge is 0.469 e. The molecule has 2 unspecified atom stereocenters. The van der Waals surface area contributed by atoms with E-state index >= 15 is 0 Å². The number of aliphatic imine (C=N–C) groups is 1. The molecule has 2 atom stereocenters. The standard InChI is InChI=1S/C22H35N3O3/c1-4-13-27-20(6-1)17-24-21(23-12-8-19-7-5-14-26-19)25-18-9-15-28-22(16-18)10-2-3-11-22/h5,7,14,18,20H,1-4,6,8-13,15-17H2,(H2,23,24,25). The number of nitrogens with one attached hydrogen (secondary N) is 2. The molecule has 3 heterocycles. The molecule has 0 amide bonds. The van der Waals surface area contributed by atoms with Crippen LogP contribution in [0, 0.1) is 0 Å². The fourth-order valence-electron chi connectivity index (χ4n) is 4.77. The highest BCUT2D eigenvalue weighted by Gasteiger charge is 2.40. The first-order chi connectivity index (χ1) is 13.8. The van der Waals surface area contributed by atoms with Crippen molar-refractivity contribution in [2.24, 2.45) is 4.99 Å². The van der Waals surface area contributed by atoms with Crippen LogP contribution >= 0.6 is 0 Å². The van der Waals surface area contributed by atoms with Crippen molar-refractivity contribution in [3.05, 3.63) is 24.2 Å². The molecule has 3 fully saturated rings. The Morgan fingerprint density at radius 2 is 2.07 bits per heavy atom. The van der Waals surface area contributed by atoms with E-state index in [9.17, 15) is 0 Å². The average Bonchev–Trinajstić information content (AvgIpc) is 3.39. The van der Waals surface area contributed by atoms with Crippen molar-refractivity contribution in [3.8, 4) is 0 Å². The Morgan fingerprint density at radius 1 is 1.14 bits per heavy atom. The number of nitrogens with zero attached hydrogens (tertiary/aromatic N) is 1. The number of ether oxygens (including phenoxy) is 2. The predicted molar refractivity (Wildman–Crippen MR) is 110 cm³/mol. The molecule has 0 radical (unpaired) electrons. The molecule has 28 heavy (non-hydrogen) atoms. The molecule has 6 nitrogen and oxygen atoms in total. The summed E-state index contributed by atoms with van der Waals surface area (Å²) >= 11 is 0. The minimum Gasteiger partial charge on any atom is -0.469 e. The third-order valence-corrected chi connectivity index (χ3v) is 6.32. The van der Waals surface area contributed by atoms with E-state index in [0.717, 1.165) is 63.7 Å². The molecule has 1 saturated carbocycles. The van der Waals surface area contributed by atoms with Gasteiger partial charge in [-0.2, -0.15) is 0 Å². The maximum absolute atomic E-state index is 6.19. The van der Waals surface area contributed by atoms with Gasteiger partial charge in [0.25, 0.3) is 0 Å². The Morgan fingerprint density at radius 3 is 2.86 bits per heavy atom. The SMILES string of the molecule is c1coc(CCNC(=NCC2CCCCO2)NC2CCOC3(CCCC3)C2)c1. The van der Waals surface area contributed by atoms with Crippen molar-refractivity contribution in [2.45, 2.75) is 82.0 Å². The maximum Gasteiger partial charge on any atom is 0.191 e. The minimum atomic E-state index is 0.113. The lowest BCUT2D eigenvalue weighted by Crippen LogP contribution is -2.51. The van der Waals surface area contributed by atoms with Crippen LogP contribution in [0.1, 0.15) is 63.5 Å². The highest BCUT2D eigenvalue weighted by atomic mass is 16.5. The van der Waals surface area contributed by atoms with Gasteiger partial charge in [0.05, 0.1) is 24.5 Å². The Labute approximate surface area is 168 Å². The molecule has 6 heteroatoms. The Balaban J connectivity index is 1.33. The lowest BCUT2D eigenvalue weighted by atomic mass is 9.89. The summed E-state index contributed by atoms with van der Waals surface area (Å²) in [5, 5.41) is 7.21. The van der Waals surface area contributed by atoms with E-state index in [1.165, 1.54) is 38.5 Å². The van der Waals surface area contributed by atoms with E-state index in [4.69, 9.17) is 18.9 Å². The van der Waals surface area contributed by atoms with Gasteiger partial charge >= 0.3 is 0 Å². The van der Waals surface area contributed by atoms with Gasteiger partial charge in [-0.05, 0) is 57.1 Å². The van der Waals surface area contributed by atoms with Crippen molar-refractivity contribution in [1.82, 2.24) is 10.6 Å². The number of rotatable bonds is 6. The van der Waals surface area contributed by atoms with Gasteiger partial charge in [-0.1, -0.05) is 12.8 Å². The second kappa shape index (κ2) is 9.79. The first-order valence-electron chi connectivity index (χ1n) is 11.1. The maximum atomic E-state index is 6.19. The van der Waals surface area contributed by atoms with Crippen LogP contribution in [0.5, 0.6) is 0 Å². The summed E-state index contributed by atoms with van der Waals surface area (Å²) in [5.41, 5.74) is 0.113. The van der Waals surface area contributed by atoms with Gasteiger partial charge in [0, 0.05) is 32.2 Å². The molecule has 0 aromatic carbocycles. The van der Waals surface area contributed by atoms with Gasteiger partial charge in [0.15, 0.2) is 5.96 Å². The van der Waals surface area contributed by atoms with E-state index < -0.39 is 0 Å². The van der Waals surface area contributed by atoms with Crippen molar-refractivity contribution < 1.29 is 13.9 Å². The van der Waals surface area contributed by atoms with Crippen molar-refractivity contribution in [1.29, 1.82) is 0 Å². The van der Waals surface area contributed by atoms with Gasteiger partial charge in [0.1, 0.15) is 5.76 Å². The Kier molecular flexibility index (Phi) is 6.91. The van der Waals surface area contributed by atoms with Crippen LogP contribution in [-0.4, -0.2) is 50.0 Å². The molecule has 3 aliphatic rings. The molecular weight excluding hydrogens is 354 g/mol. The smallest absolute Gasteiger partial charge is 0.191 e. The molecule has 1 spiro atoms. The predicted octanol–water partition coefficient (Wildman–Crippen LogP) is 3.42. The van der Waals surface area contributed by atoms with Crippen LogP contribution in [0.3, 0.4) is 0 Å². The molecule has 2 saturated heterocycles. The van der Waals surface area contributed by atoms with Crippen LogP contribution < -0.4 is 10.6 Å². The Bertz CT molecular complexity index is 605. The summed E-state index contributed by atoms with van der Waals surface area (Å²) in [7, 11) is 0. The summed E-state index contributed by atoms with van der Waals surface area (Å²) in [6.45, 7) is 3.25. The molecule has 1 aliphatic carbocycles. The molecule has 1 aromatic rings. The van der Waals surface area contributed by atoms with Crippen molar-refractivity contribution in [3.63, 3.8) is 0 Å². The van der Waals surface area contributed by atoms with Crippen LogP contribution in [0.4, 0.5) is 0 Å². The molecule has 2 aliphatic heterocycles. The van der Waals surface area contributed by atoms with E-state index in [1.54, 1.807) is 6.26 Å². The van der Waals surface area contributed by atoms with E-state index in [1.807, 2.05) is 12.1 Å². The third-order valence-electron chi connectivity index (χ3n) is 6.32. The number of hydrogen-bond donors (Lipinski definition) is 2. The molecule has 2 N–H and O–H groups in total. The first-order valence-corrected chi connectivity index (χ1v) is 11.1.